The van der Waals surface area contributed by atoms with Crippen LogP contribution >= 0.6 is 12.6 Å². The van der Waals surface area contributed by atoms with Crippen LogP contribution in [0.1, 0.15) is 24.2 Å². The molecule has 0 spiro atoms. The lowest BCUT2D eigenvalue weighted by Crippen LogP contribution is -2.23. The Morgan fingerprint density at radius 3 is 2.35 bits per heavy atom. The first kappa shape index (κ1) is 13.9. The standard InChI is InChI=1S/C13H18O3S/c1-13(2,9-17)8-16-11-6-4-10(5-7-11)12(14)15-3/h4-7,17H,8-9H2,1-3H3. The summed E-state index contributed by atoms with van der Waals surface area (Å²) < 4.78 is 10.2. The van der Waals surface area contributed by atoms with E-state index in [1.54, 1.807) is 24.3 Å². The van der Waals surface area contributed by atoms with E-state index in [-0.39, 0.29) is 11.4 Å². The summed E-state index contributed by atoms with van der Waals surface area (Å²) in [6.45, 7) is 4.76. The molecule has 0 heterocycles. The third kappa shape index (κ3) is 4.30. The summed E-state index contributed by atoms with van der Waals surface area (Å²) in [5.41, 5.74) is 0.553. The van der Waals surface area contributed by atoms with Crippen molar-refractivity contribution in [3.63, 3.8) is 0 Å². The van der Waals surface area contributed by atoms with Crippen LogP contribution in [0.2, 0.25) is 0 Å². The van der Waals surface area contributed by atoms with Crippen LogP contribution in [0, 0.1) is 5.41 Å². The quantitative estimate of drug-likeness (QED) is 0.648. The van der Waals surface area contributed by atoms with Crippen LogP contribution in [0.25, 0.3) is 0 Å². The minimum absolute atomic E-state index is 0.0319. The molecule has 0 amide bonds. The highest BCUT2D eigenvalue weighted by molar-refractivity contribution is 7.80. The molecule has 0 aliphatic rings. The minimum Gasteiger partial charge on any atom is -0.493 e. The van der Waals surface area contributed by atoms with E-state index in [1.807, 2.05) is 0 Å². The number of benzene rings is 1. The van der Waals surface area contributed by atoms with Gasteiger partial charge in [-0.1, -0.05) is 13.8 Å². The molecule has 0 saturated carbocycles. The minimum atomic E-state index is -0.341. The zero-order valence-electron chi connectivity index (χ0n) is 10.4. The zero-order valence-corrected chi connectivity index (χ0v) is 11.3. The van der Waals surface area contributed by atoms with Gasteiger partial charge in [0.2, 0.25) is 0 Å². The van der Waals surface area contributed by atoms with Gasteiger partial charge in [-0.15, -0.1) is 0 Å². The molecule has 0 N–H and O–H groups in total. The Bertz CT molecular complexity index is 371. The van der Waals surface area contributed by atoms with Gasteiger partial charge in [-0.3, -0.25) is 0 Å². The van der Waals surface area contributed by atoms with Gasteiger partial charge in [-0.2, -0.15) is 12.6 Å². The van der Waals surface area contributed by atoms with Crippen molar-refractivity contribution in [2.45, 2.75) is 13.8 Å². The lowest BCUT2D eigenvalue weighted by Gasteiger charge is -2.22. The van der Waals surface area contributed by atoms with E-state index < -0.39 is 0 Å². The third-order valence-corrected chi connectivity index (χ3v) is 3.19. The van der Waals surface area contributed by atoms with Gasteiger partial charge in [0.1, 0.15) is 5.75 Å². The summed E-state index contributed by atoms with van der Waals surface area (Å²) in [6, 6.07) is 6.91. The van der Waals surface area contributed by atoms with E-state index in [9.17, 15) is 4.79 Å². The molecule has 0 fully saturated rings. The molecular formula is C13H18O3S. The molecule has 1 aromatic carbocycles. The number of carbonyl (C=O) groups is 1. The maximum atomic E-state index is 11.2. The van der Waals surface area contributed by atoms with Crippen LogP contribution in [0.3, 0.4) is 0 Å². The van der Waals surface area contributed by atoms with E-state index in [1.165, 1.54) is 7.11 Å². The van der Waals surface area contributed by atoms with E-state index in [2.05, 4.69) is 31.2 Å². The molecule has 0 aliphatic heterocycles. The number of methoxy groups -OCH3 is 1. The van der Waals surface area contributed by atoms with Crippen LogP contribution in [0.5, 0.6) is 5.75 Å². The number of esters is 1. The van der Waals surface area contributed by atoms with Gasteiger partial charge in [0.15, 0.2) is 0 Å². The van der Waals surface area contributed by atoms with Crippen molar-refractivity contribution in [1.82, 2.24) is 0 Å². The highest BCUT2D eigenvalue weighted by atomic mass is 32.1. The van der Waals surface area contributed by atoms with Crippen LogP contribution in [-0.4, -0.2) is 25.4 Å². The second-order valence-electron chi connectivity index (χ2n) is 4.63. The van der Waals surface area contributed by atoms with E-state index >= 15 is 0 Å². The largest absolute Gasteiger partial charge is 0.493 e. The average molecular weight is 254 g/mol. The topological polar surface area (TPSA) is 35.5 Å². The second-order valence-corrected chi connectivity index (χ2v) is 4.94. The molecule has 0 saturated heterocycles. The Balaban J connectivity index is 2.60. The Kier molecular flexibility index (Phi) is 4.87. The molecule has 1 aromatic rings. The Morgan fingerprint density at radius 1 is 1.29 bits per heavy atom. The lowest BCUT2D eigenvalue weighted by molar-refractivity contribution is 0.0600. The summed E-state index contributed by atoms with van der Waals surface area (Å²) in [6.07, 6.45) is 0. The van der Waals surface area contributed by atoms with E-state index in [0.717, 1.165) is 11.5 Å². The van der Waals surface area contributed by atoms with Crippen LogP contribution < -0.4 is 4.74 Å². The maximum absolute atomic E-state index is 11.2. The van der Waals surface area contributed by atoms with Gasteiger partial charge in [-0.25, -0.2) is 4.79 Å². The van der Waals surface area contributed by atoms with Gasteiger partial charge in [0.05, 0.1) is 19.3 Å². The lowest BCUT2D eigenvalue weighted by atomic mass is 9.98. The van der Waals surface area contributed by atoms with Crippen LogP contribution in [0.15, 0.2) is 24.3 Å². The molecule has 0 atom stereocenters. The molecular weight excluding hydrogens is 236 g/mol. The number of hydrogen-bond acceptors (Lipinski definition) is 4. The monoisotopic (exact) mass is 254 g/mol. The van der Waals surface area contributed by atoms with Crippen molar-refractivity contribution in [2.24, 2.45) is 5.41 Å². The molecule has 0 unspecified atom stereocenters. The fraction of sp³-hybridized carbons (Fsp3) is 0.462. The van der Waals surface area contributed by atoms with Crippen molar-refractivity contribution in [3.05, 3.63) is 29.8 Å². The summed E-state index contributed by atoms with van der Waals surface area (Å²) in [5.74, 6) is 1.16. The average Bonchev–Trinajstić information content (AvgIpc) is 2.36. The molecule has 94 valence electrons. The van der Waals surface area contributed by atoms with E-state index in [0.29, 0.717) is 12.2 Å². The van der Waals surface area contributed by atoms with Crippen molar-refractivity contribution < 1.29 is 14.3 Å². The molecule has 0 aliphatic carbocycles. The summed E-state index contributed by atoms with van der Waals surface area (Å²) >= 11 is 4.26. The first-order valence-electron chi connectivity index (χ1n) is 5.40. The first-order valence-corrected chi connectivity index (χ1v) is 6.04. The van der Waals surface area contributed by atoms with E-state index in [4.69, 9.17) is 4.74 Å². The van der Waals surface area contributed by atoms with Crippen molar-refractivity contribution in [3.8, 4) is 5.75 Å². The number of carbonyl (C=O) groups excluding carboxylic acids is 1. The van der Waals surface area contributed by atoms with Gasteiger partial charge < -0.3 is 9.47 Å². The maximum Gasteiger partial charge on any atom is 0.337 e. The number of hydrogen-bond donors (Lipinski definition) is 1. The molecule has 1 rings (SSSR count). The smallest absolute Gasteiger partial charge is 0.337 e. The highest BCUT2D eigenvalue weighted by Gasteiger charge is 2.16. The molecule has 0 radical (unpaired) electrons. The third-order valence-electron chi connectivity index (χ3n) is 2.33. The van der Waals surface area contributed by atoms with Crippen molar-refractivity contribution in [2.75, 3.05) is 19.5 Å². The number of thiol groups is 1. The fourth-order valence-corrected chi connectivity index (χ4v) is 1.22. The molecule has 3 nitrogen and oxygen atoms in total. The predicted molar refractivity (Wildman–Crippen MR) is 70.9 cm³/mol. The van der Waals surface area contributed by atoms with Gasteiger partial charge in [-0.05, 0) is 30.0 Å². The van der Waals surface area contributed by atoms with Crippen molar-refractivity contribution in [1.29, 1.82) is 0 Å². The number of rotatable bonds is 5. The Labute approximate surface area is 108 Å². The summed E-state index contributed by atoms with van der Waals surface area (Å²) in [7, 11) is 1.36. The molecule has 0 bridgehead atoms. The van der Waals surface area contributed by atoms with Gasteiger partial charge >= 0.3 is 5.97 Å². The number of ether oxygens (including phenoxy) is 2. The van der Waals surface area contributed by atoms with Crippen LogP contribution in [-0.2, 0) is 4.74 Å². The molecule has 0 aromatic heterocycles. The molecule has 17 heavy (non-hydrogen) atoms. The Hall–Kier alpha value is -1.16. The SMILES string of the molecule is COC(=O)c1ccc(OCC(C)(C)CS)cc1. The fourth-order valence-electron chi connectivity index (χ4n) is 1.13. The molecule has 4 heteroatoms. The van der Waals surface area contributed by atoms with Gasteiger partial charge in [0, 0.05) is 5.41 Å². The Morgan fingerprint density at radius 2 is 1.88 bits per heavy atom. The summed E-state index contributed by atoms with van der Waals surface area (Å²) in [5, 5.41) is 0. The first-order chi connectivity index (χ1) is 7.98. The predicted octanol–water partition coefficient (Wildman–Crippen LogP) is 2.81. The highest BCUT2D eigenvalue weighted by Crippen LogP contribution is 2.20. The summed E-state index contributed by atoms with van der Waals surface area (Å²) in [4.78, 5) is 11.2. The van der Waals surface area contributed by atoms with Crippen molar-refractivity contribution >= 4 is 18.6 Å². The van der Waals surface area contributed by atoms with Gasteiger partial charge in [0.25, 0.3) is 0 Å². The van der Waals surface area contributed by atoms with Crippen LogP contribution in [0.4, 0.5) is 0 Å². The second kappa shape index (κ2) is 5.96. The normalized spacial score (nSPS) is 11.1. The zero-order chi connectivity index (χ0) is 12.9.